The first-order valence-corrected chi connectivity index (χ1v) is 15.7. The van der Waals surface area contributed by atoms with Crippen LogP contribution in [0.25, 0.3) is 0 Å². The van der Waals surface area contributed by atoms with E-state index in [1.165, 1.54) is 0 Å². The molecule has 6 atom stereocenters. The van der Waals surface area contributed by atoms with Gasteiger partial charge in [0.25, 0.3) is 0 Å². The molecule has 0 amide bonds. The van der Waals surface area contributed by atoms with Crippen molar-refractivity contribution in [2.45, 2.75) is 102 Å². The van der Waals surface area contributed by atoms with E-state index in [1.54, 1.807) is 0 Å². The van der Waals surface area contributed by atoms with Gasteiger partial charge in [-0.15, -0.1) is 0 Å². The van der Waals surface area contributed by atoms with Crippen LogP contribution in [-0.4, -0.2) is 89.0 Å². The number of ether oxygens (including phenoxy) is 4. The van der Waals surface area contributed by atoms with Crippen LogP contribution in [0.4, 0.5) is 0 Å². The van der Waals surface area contributed by atoms with Crippen molar-refractivity contribution in [2.75, 3.05) is 19.8 Å². The molecular formula is C35H52O10. The summed E-state index contributed by atoms with van der Waals surface area (Å²) in [5.74, 6) is -0.998. The molecule has 0 saturated carbocycles. The summed E-state index contributed by atoms with van der Waals surface area (Å²) >= 11 is 0. The average Bonchev–Trinajstić information content (AvgIpc) is 3.03. The molecule has 1 heterocycles. The van der Waals surface area contributed by atoms with Gasteiger partial charge in [-0.05, 0) is 38.5 Å². The number of allylic oxidation sites excluding steroid dienone is 14. The Morgan fingerprint density at radius 3 is 2.02 bits per heavy atom. The number of rotatable bonds is 22. The van der Waals surface area contributed by atoms with Gasteiger partial charge in [-0.25, -0.2) is 0 Å². The summed E-state index contributed by atoms with van der Waals surface area (Å²) in [4.78, 5) is 24.8. The standard InChI is InChI=1S/C35H52O10/c1-3-5-7-9-11-12-13-14-15-16-18-20-22-24-31(38)44-28(26-42-30(37)23-21-19-17-10-8-6-4-2)27-43-35-34(41)33(40)32(39)29(25-36)45-35/h5-9,11-19,28-29,32-36,39-41H,3-4,10,20-27H2,1-2H3/b7-5+,8-6+,11-9+,13-12+,15-14+,18-16+,19-17+/t28?,29-,32+,33?,34?,35-/m0/s1. The molecule has 0 aromatic rings. The molecule has 3 unspecified atom stereocenters. The number of hydrogen-bond donors (Lipinski definition) is 4. The first kappa shape index (κ1) is 39.9. The first-order chi connectivity index (χ1) is 21.8. The molecule has 1 rings (SSSR count). The molecule has 252 valence electrons. The number of unbranched alkanes of at least 4 members (excludes halogenated alkanes) is 1. The molecule has 0 radical (unpaired) electrons. The van der Waals surface area contributed by atoms with Gasteiger partial charge < -0.3 is 39.4 Å². The van der Waals surface area contributed by atoms with Crippen molar-refractivity contribution in [2.24, 2.45) is 0 Å². The monoisotopic (exact) mass is 632 g/mol. The van der Waals surface area contributed by atoms with Gasteiger partial charge in [0.15, 0.2) is 12.4 Å². The number of aliphatic hydroxyl groups is 4. The summed E-state index contributed by atoms with van der Waals surface area (Å²) in [6.45, 7) is 2.91. The number of esters is 2. The zero-order chi connectivity index (χ0) is 33.1. The van der Waals surface area contributed by atoms with Crippen LogP contribution >= 0.6 is 0 Å². The van der Waals surface area contributed by atoms with Crippen LogP contribution in [0.5, 0.6) is 0 Å². The van der Waals surface area contributed by atoms with E-state index in [0.29, 0.717) is 19.3 Å². The molecule has 1 aliphatic rings. The minimum atomic E-state index is -1.62. The quantitative estimate of drug-likeness (QED) is 0.0588. The fraction of sp³-hybridized carbons (Fsp3) is 0.543. The summed E-state index contributed by atoms with van der Waals surface area (Å²) in [5, 5.41) is 39.6. The minimum Gasteiger partial charge on any atom is -0.462 e. The van der Waals surface area contributed by atoms with Crippen molar-refractivity contribution in [1.29, 1.82) is 0 Å². The zero-order valence-electron chi connectivity index (χ0n) is 26.6. The van der Waals surface area contributed by atoms with E-state index in [4.69, 9.17) is 18.9 Å². The Morgan fingerprint density at radius 2 is 1.36 bits per heavy atom. The maximum absolute atomic E-state index is 12.5. The second-order valence-electron chi connectivity index (χ2n) is 10.3. The zero-order valence-corrected chi connectivity index (χ0v) is 26.6. The highest BCUT2D eigenvalue weighted by molar-refractivity contribution is 5.70. The van der Waals surface area contributed by atoms with Crippen molar-refractivity contribution in [3.63, 3.8) is 0 Å². The number of aliphatic hydroxyl groups excluding tert-OH is 4. The van der Waals surface area contributed by atoms with E-state index >= 15 is 0 Å². The smallest absolute Gasteiger partial charge is 0.306 e. The minimum absolute atomic E-state index is 0.117. The molecule has 10 heteroatoms. The summed E-state index contributed by atoms with van der Waals surface area (Å²) in [6, 6.07) is 0. The average molecular weight is 633 g/mol. The van der Waals surface area contributed by atoms with Gasteiger partial charge in [0.1, 0.15) is 31.0 Å². The number of carbonyl (C=O) groups excluding carboxylic acids is 2. The molecule has 0 aromatic carbocycles. The van der Waals surface area contributed by atoms with Crippen molar-refractivity contribution in [1.82, 2.24) is 0 Å². The van der Waals surface area contributed by atoms with Crippen LogP contribution in [-0.2, 0) is 28.5 Å². The molecule has 0 bridgehead atoms. The summed E-state index contributed by atoms with van der Waals surface area (Å²) < 4.78 is 21.7. The van der Waals surface area contributed by atoms with Crippen LogP contribution in [0, 0.1) is 0 Å². The third-order valence-corrected chi connectivity index (χ3v) is 6.42. The van der Waals surface area contributed by atoms with Crippen molar-refractivity contribution < 1.29 is 49.0 Å². The van der Waals surface area contributed by atoms with Gasteiger partial charge in [-0.1, -0.05) is 98.9 Å². The molecule has 45 heavy (non-hydrogen) atoms. The van der Waals surface area contributed by atoms with Crippen molar-refractivity contribution in [3.8, 4) is 0 Å². The Balaban J connectivity index is 2.59. The lowest BCUT2D eigenvalue weighted by molar-refractivity contribution is -0.305. The molecular weight excluding hydrogens is 580 g/mol. The van der Waals surface area contributed by atoms with Crippen molar-refractivity contribution in [3.05, 3.63) is 85.1 Å². The highest BCUT2D eigenvalue weighted by Crippen LogP contribution is 2.22. The molecule has 1 aliphatic heterocycles. The van der Waals surface area contributed by atoms with Crippen LogP contribution in [0.2, 0.25) is 0 Å². The van der Waals surface area contributed by atoms with Crippen LogP contribution in [0.15, 0.2) is 85.1 Å². The van der Waals surface area contributed by atoms with Crippen LogP contribution < -0.4 is 0 Å². The lowest BCUT2D eigenvalue weighted by atomic mass is 9.99. The predicted octanol–water partition coefficient (Wildman–Crippen LogP) is 4.31. The van der Waals surface area contributed by atoms with E-state index in [-0.39, 0.29) is 26.1 Å². The van der Waals surface area contributed by atoms with E-state index in [9.17, 15) is 30.0 Å². The highest BCUT2D eigenvalue weighted by atomic mass is 16.7. The van der Waals surface area contributed by atoms with Gasteiger partial charge in [0, 0.05) is 12.8 Å². The second-order valence-corrected chi connectivity index (χ2v) is 10.3. The predicted molar refractivity (Wildman–Crippen MR) is 173 cm³/mol. The Labute approximate surface area is 267 Å². The summed E-state index contributed by atoms with van der Waals surface area (Å²) in [6.07, 6.45) is 23.8. The van der Waals surface area contributed by atoms with Gasteiger partial charge in [-0.2, -0.15) is 0 Å². The summed E-state index contributed by atoms with van der Waals surface area (Å²) in [5.41, 5.74) is 0. The lowest BCUT2D eigenvalue weighted by Crippen LogP contribution is -2.59. The normalized spacial score (nSPS) is 23.6. The summed E-state index contributed by atoms with van der Waals surface area (Å²) in [7, 11) is 0. The van der Waals surface area contributed by atoms with Crippen LogP contribution in [0.1, 0.15) is 65.2 Å². The largest absolute Gasteiger partial charge is 0.462 e. The van der Waals surface area contributed by atoms with E-state index in [0.717, 1.165) is 19.3 Å². The maximum atomic E-state index is 12.5. The van der Waals surface area contributed by atoms with E-state index < -0.39 is 55.4 Å². The van der Waals surface area contributed by atoms with Crippen molar-refractivity contribution >= 4 is 11.9 Å². The third kappa shape index (κ3) is 19.1. The SMILES string of the molecule is CC/C=C/C=C/C=C/C=C/C=C/CCCC(=O)OC(COC(=O)CC/C=C/C/C=C/CC)CO[C@H]1O[C@@H](CO)[C@@H](O)C(O)C1O. The lowest BCUT2D eigenvalue weighted by Gasteiger charge is -2.39. The topological polar surface area (TPSA) is 152 Å². The number of carbonyl (C=O) groups is 2. The fourth-order valence-electron chi connectivity index (χ4n) is 3.92. The Kier molecular flexibility index (Phi) is 23.2. The molecule has 0 aromatic heterocycles. The van der Waals surface area contributed by atoms with E-state index in [1.807, 2.05) is 72.9 Å². The van der Waals surface area contributed by atoms with Gasteiger partial charge in [0.2, 0.25) is 0 Å². The molecule has 1 saturated heterocycles. The molecule has 1 fully saturated rings. The fourth-order valence-corrected chi connectivity index (χ4v) is 3.92. The maximum Gasteiger partial charge on any atom is 0.306 e. The van der Waals surface area contributed by atoms with Gasteiger partial charge in [-0.3, -0.25) is 9.59 Å². The Hall–Kier alpha value is -3.12. The number of hydrogen-bond acceptors (Lipinski definition) is 10. The first-order valence-electron chi connectivity index (χ1n) is 15.7. The molecule has 10 nitrogen and oxygen atoms in total. The van der Waals surface area contributed by atoms with E-state index in [2.05, 4.69) is 26.0 Å². The molecule has 0 aliphatic carbocycles. The van der Waals surface area contributed by atoms with Crippen LogP contribution in [0.3, 0.4) is 0 Å². The van der Waals surface area contributed by atoms with Gasteiger partial charge in [0.05, 0.1) is 13.2 Å². The Bertz CT molecular complexity index is 1010. The molecule has 4 N–H and O–H groups in total. The highest BCUT2D eigenvalue weighted by Gasteiger charge is 2.44. The molecule has 0 spiro atoms. The second kappa shape index (κ2) is 26.1. The third-order valence-electron chi connectivity index (χ3n) is 6.42. The Morgan fingerprint density at radius 1 is 0.711 bits per heavy atom. The van der Waals surface area contributed by atoms with Gasteiger partial charge >= 0.3 is 11.9 Å².